The number of rotatable bonds is 5. The largest absolute Gasteiger partial charge is 0.306 e. The summed E-state index contributed by atoms with van der Waals surface area (Å²) >= 11 is 6.76. The van der Waals surface area contributed by atoms with E-state index in [4.69, 9.17) is 0 Å². The molecule has 2 aromatic carbocycles. The van der Waals surface area contributed by atoms with Crippen molar-refractivity contribution in [1.82, 2.24) is 5.32 Å². The van der Waals surface area contributed by atoms with Crippen LogP contribution in [-0.2, 0) is 6.54 Å². The predicted octanol–water partition coefficient (Wildman–Crippen LogP) is 4.97. The van der Waals surface area contributed by atoms with Crippen molar-refractivity contribution in [2.24, 2.45) is 0 Å². The van der Waals surface area contributed by atoms with Gasteiger partial charge in [0.05, 0.1) is 4.92 Å². The third-order valence-electron chi connectivity index (χ3n) is 3.11. The Morgan fingerprint density at radius 1 is 1.19 bits per heavy atom. The Kier molecular flexibility index (Phi) is 5.50. The topological polar surface area (TPSA) is 55.2 Å². The molecule has 0 saturated carbocycles. The first-order valence-corrected chi connectivity index (χ1v) is 7.97. The molecule has 0 spiro atoms. The highest BCUT2D eigenvalue weighted by Gasteiger charge is 2.10. The number of hydrogen-bond donors (Lipinski definition) is 1. The third kappa shape index (κ3) is 4.62. The fraction of sp³-hybridized carbons (Fsp3) is 0.200. The summed E-state index contributed by atoms with van der Waals surface area (Å²) in [6.45, 7) is 2.63. The number of nitro benzene ring substituents is 1. The standard InChI is InChI=1S/C15H14Br2N2O2/c1-10(12-3-2-4-13(16)7-12)18-9-11-5-14(17)8-15(6-11)19(20)21/h2-8,10,18H,9H2,1H3/t10-/m1/s1. The molecule has 0 aromatic heterocycles. The molecular formula is C15H14Br2N2O2. The van der Waals surface area contributed by atoms with E-state index in [-0.39, 0.29) is 16.7 Å². The van der Waals surface area contributed by atoms with E-state index >= 15 is 0 Å². The maximum atomic E-state index is 10.9. The molecule has 2 aromatic rings. The Balaban J connectivity index is 2.07. The van der Waals surface area contributed by atoms with E-state index < -0.39 is 0 Å². The van der Waals surface area contributed by atoms with Crippen LogP contribution in [0.2, 0.25) is 0 Å². The van der Waals surface area contributed by atoms with Gasteiger partial charge in [-0.3, -0.25) is 10.1 Å². The van der Waals surface area contributed by atoms with Crippen molar-refractivity contribution >= 4 is 37.5 Å². The smallest absolute Gasteiger partial charge is 0.270 e. The van der Waals surface area contributed by atoms with Gasteiger partial charge in [0.2, 0.25) is 0 Å². The van der Waals surface area contributed by atoms with Gasteiger partial charge in [0.1, 0.15) is 0 Å². The second-order valence-corrected chi connectivity index (χ2v) is 6.56. The van der Waals surface area contributed by atoms with E-state index in [1.54, 1.807) is 6.07 Å². The van der Waals surface area contributed by atoms with E-state index in [9.17, 15) is 10.1 Å². The predicted molar refractivity (Wildman–Crippen MR) is 90.2 cm³/mol. The van der Waals surface area contributed by atoms with Crippen molar-refractivity contribution in [2.75, 3.05) is 0 Å². The van der Waals surface area contributed by atoms with E-state index in [2.05, 4.69) is 50.2 Å². The zero-order valence-corrected chi connectivity index (χ0v) is 14.5. The van der Waals surface area contributed by atoms with Crippen molar-refractivity contribution in [3.05, 3.63) is 72.7 Å². The molecule has 0 aliphatic carbocycles. The number of nitrogens with one attached hydrogen (secondary N) is 1. The maximum absolute atomic E-state index is 10.9. The first-order valence-electron chi connectivity index (χ1n) is 6.38. The van der Waals surface area contributed by atoms with E-state index in [0.717, 1.165) is 15.6 Å². The third-order valence-corrected chi connectivity index (χ3v) is 4.07. The van der Waals surface area contributed by atoms with Gasteiger partial charge in [-0.05, 0) is 36.2 Å². The van der Waals surface area contributed by atoms with Gasteiger partial charge in [0.15, 0.2) is 0 Å². The second kappa shape index (κ2) is 7.15. The Morgan fingerprint density at radius 3 is 2.62 bits per heavy atom. The minimum Gasteiger partial charge on any atom is -0.306 e. The molecule has 0 aliphatic heterocycles. The summed E-state index contributed by atoms with van der Waals surface area (Å²) in [7, 11) is 0. The number of nitro groups is 1. The SMILES string of the molecule is C[C@@H](NCc1cc(Br)cc([N+](=O)[O-])c1)c1cccc(Br)c1. The van der Waals surface area contributed by atoms with Gasteiger partial charge in [-0.15, -0.1) is 0 Å². The van der Waals surface area contributed by atoms with Gasteiger partial charge in [0, 0.05) is 33.7 Å². The van der Waals surface area contributed by atoms with E-state index in [0.29, 0.717) is 11.0 Å². The Labute approximate surface area is 140 Å². The van der Waals surface area contributed by atoms with Crippen LogP contribution in [0.5, 0.6) is 0 Å². The maximum Gasteiger partial charge on any atom is 0.270 e. The van der Waals surface area contributed by atoms with Gasteiger partial charge in [-0.1, -0.05) is 44.0 Å². The lowest BCUT2D eigenvalue weighted by molar-refractivity contribution is -0.385. The molecule has 0 amide bonds. The van der Waals surface area contributed by atoms with Crippen LogP contribution < -0.4 is 5.32 Å². The van der Waals surface area contributed by atoms with Gasteiger partial charge < -0.3 is 5.32 Å². The lowest BCUT2D eigenvalue weighted by atomic mass is 10.1. The molecular weight excluding hydrogens is 400 g/mol. The van der Waals surface area contributed by atoms with Crippen LogP contribution in [0, 0.1) is 10.1 Å². The molecule has 110 valence electrons. The quantitative estimate of drug-likeness (QED) is 0.556. The zero-order chi connectivity index (χ0) is 15.4. The molecule has 0 fully saturated rings. The highest BCUT2D eigenvalue weighted by molar-refractivity contribution is 9.10. The van der Waals surface area contributed by atoms with Crippen molar-refractivity contribution in [3.8, 4) is 0 Å². The van der Waals surface area contributed by atoms with Crippen LogP contribution >= 0.6 is 31.9 Å². The molecule has 0 heterocycles. The first-order chi connectivity index (χ1) is 9.95. The van der Waals surface area contributed by atoms with Crippen molar-refractivity contribution in [2.45, 2.75) is 19.5 Å². The van der Waals surface area contributed by atoms with Crippen molar-refractivity contribution in [3.63, 3.8) is 0 Å². The van der Waals surface area contributed by atoms with Gasteiger partial charge in [-0.25, -0.2) is 0 Å². The summed E-state index contributed by atoms with van der Waals surface area (Å²) in [5.74, 6) is 0. The van der Waals surface area contributed by atoms with E-state index in [1.807, 2.05) is 24.3 Å². The average molecular weight is 414 g/mol. The summed E-state index contributed by atoms with van der Waals surface area (Å²) < 4.78 is 1.75. The second-order valence-electron chi connectivity index (χ2n) is 4.73. The first kappa shape index (κ1) is 16.1. The summed E-state index contributed by atoms with van der Waals surface area (Å²) in [5, 5.41) is 14.2. The molecule has 0 saturated heterocycles. The lowest BCUT2D eigenvalue weighted by Crippen LogP contribution is -2.18. The molecule has 0 unspecified atom stereocenters. The van der Waals surface area contributed by atoms with Crippen LogP contribution in [0.4, 0.5) is 5.69 Å². The average Bonchev–Trinajstić information content (AvgIpc) is 2.44. The molecule has 1 atom stereocenters. The summed E-state index contributed by atoms with van der Waals surface area (Å²) in [6, 6.07) is 13.2. The number of hydrogen-bond acceptors (Lipinski definition) is 3. The molecule has 2 rings (SSSR count). The molecule has 0 bridgehead atoms. The van der Waals surface area contributed by atoms with Crippen LogP contribution in [0.15, 0.2) is 51.4 Å². The fourth-order valence-electron chi connectivity index (χ4n) is 2.01. The summed E-state index contributed by atoms with van der Waals surface area (Å²) in [4.78, 5) is 10.5. The lowest BCUT2D eigenvalue weighted by Gasteiger charge is -2.14. The minimum atomic E-state index is -0.383. The Hall–Kier alpha value is -1.24. The van der Waals surface area contributed by atoms with Crippen molar-refractivity contribution < 1.29 is 4.92 Å². The van der Waals surface area contributed by atoms with Crippen LogP contribution in [0.1, 0.15) is 24.1 Å². The molecule has 0 aliphatic rings. The molecule has 21 heavy (non-hydrogen) atoms. The Morgan fingerprint density at radius 2 is 1.95 bits per heavy atom. The van der Waals surface area contributed by atoms with Crippen LogP contribution in [-0.4, -0.2) is 4.92 Å². The number of nitrogens with zero attached hydrogens (tertiary/aromatic N) is 1. The van der Waals surface area contributed by atoms with Crippen LogP contribution in [0.3, 0.4) is 0 Å². The summed E-state index contributed by atoms with van der Waals surface area (Å²) in [5.41, 5.74) is 2.13. The minimum absolute atomic E-state index is 0.0938. The van der Waals surface area contributed by atoms with Gasteiger partial charge >= 0.3 is 0 Å². The fourth-order valence-corrected chi connectivity index (χ4v) is 2.95. The number of benzene rings is 2. The monoisotopic (exact) mass is 412 g/mol. The normalized spacial score (nSPS) is 12.1. The van der Waals surface area contributed by atoms with E-state index in [1.165, 1.54) is 6.07 Å². The number of halogens is 2. The van der Waals surface area contributed by atoms with Gasteiger partial charge in [0.25, 0.3) is 5.69 Å². The Bertz CT molecular complexity index is 662. The molecule has 1 N–H and O–H groups in total. The zero-order valence-electron chi connectivity index (χ0n) is 11.3. The molecule has 4 nitrogen and oxygen atoms in total. The molecule has 0 radical (unpaired) electrons. The number of non-ortho nitro benzene ring substituents is 1. The highest BCUT2D eigenvalue weighted by Crippen LogP contribution is 2.22. The summed E-state index contributed by atoms with van der Waals surface area (Å²) in [6.07, 6.45) is 0. The van der Waals surface area contributed by atoms with Crippen LogP contribution in [0.25, 0.3) is 0 Å². The highest BCUT2D eigenvalue weighted by atomic mass is 79.9. The molecule has 6 heteroatoms. The van der Waals surface area contributed by atoms with Crippen molar-refractivity contribution in [1.29, 1.82) is 0 Å². The van der Waals surface area contributed by atoms with Gasteiger partial charge in [-0.2, -0.15) is 0 Å².